The molecule has 0 fully saturated rings. The fourth-order valence-electron chi connectivity index (χ4n) is 1.28. The molecule has 0 atom stereocenters. The zero-order valence-corrected chi connectivity index (χ0v) is 9.10. The summed E-state index contributed by atoms with van der Waals surface area (Å²) in [5, 5.41) is 0. The number of rotatable bonds is 6. The largest absolute Gasteiger partial charge is 0.493 e. The second-order valence-corrected chi connectivity index (χ2v) is 3.03. The summed E-state index contributed by atoms with van der Waals surface area (Å²) < 4.78 is 10.9. The molecule has 0 saturated carbocycles. The zero-order chi connectivity index (χ0) is 11.1. The van der Waals surface area contributed by atoms with Crippen LogP contribution in [0.5, 0.6) is 0 Å². The van der Waals surface area contributed by atoms with Crippen LogP contribution in [0, 0.1) is 0 Å². The van der Waals surface area contributed by atoms with Crippen molar-refractivity contribution in [2.45, 2.75) is 13.8 Å². The number of carbonyl (C=O) groups is 1. The first kappa shape index (κ1) is 11.9. The molecular formula is C11H15BO3. The predicted molar refractivity (Wildman–Crippen MR) is 60.5 cm³/mol. The quantitative estimate of drug-likeness (QED) is 0.519. The molecule has 0 aliphatic carbocycles. The van der Waals surface area contributed by atoms with Crippen LogP contribution in [0.1, 0.15) is 24.2 Å². The average molecular weight is 206 g/mol. The molecule has 80 valence electrons. The molecule has 0 N–H and O–H groups in total. The summed E-state index contributed by atoms with van der Waals surface area (Å²) in [6.07, 6.45) is 0.820. The van der Waals surface area contributed by atoms with Crippen molar-refractivity contribution in [2.24, 2.45) is 0 Å². The molecule has 1 aromatic rings. The van der Waals surface area contributed by atoms with Gasteiger partial charge in [-0.3, -0.25) is 4.79 Å². The molecule has 1 rings (SSSR count). The Morgan fingerprint density at radius 2 is 1.67 bits per heavy atom. The lowest BCUT2D eigenvalue weighted by Crippen LogP contribution is -2.36. The summed E-state index contributed by atoms with van der Waals surface area (Å²) in [6.45, 7) is 5.04. The molecule has 0 heterocycles. The Morgan fingerprint density at radius 1 is 1.13 bits per heavy atom. The van der Waals surface area contributed by atoms with Crippen molar-refractivity contribution in [2.75, 3.05) is 13.2 Å². The number of hydrogen-bond acceptors (Lipinski definition) is 3. The van der Waals surface area contributed by atoms with Crippen LogP contribution >= 0.6 is 0 Å². The first-order valence-electron chi connectivity index (χ1n) is 5.10. The molecule has 0 saturated heterocycles. The van der Waals surface area contributed by atoms with Gasteiger partial charge in [0.25, 0.3) is 0 Å². The van der Waals surface area contributed by atoms with E-state index in [-0.39, 0.29) is 7.12 Å². The van der Waals surface area contributed by atoms with E-state index in [2.05, 4.69) is 0 Å². The molecule has 15 heavy (non-hydrogen) atoms. The number of benzene rings is 1. The first-order valence-corrected chi connectivity index (χ1v) is 5.10. The Kier molecular flexibility index (Phi) is 5.08. The molecule has 0 aliphatic rings. The standard InChI is InChI=1S/C11H15BO3/c1-3-14-12(15-4-2)11-7-5-10(9-13)6-8-11/h5-9H,3-4H2,1-2H3. The minimum Gasteiger partial charge on any atom is -0.408 e. The van der Waals surface area contributed by atoms with Gasteiger partial charge in [0.2, 0.25) is 0 Å². The van der Waals surface area contributed by atoms with Crippen LogP contribution in [0.25, 0.3) is 0 Å². The number of hydrogen-bond donors (Lipinski definition) is 0. The number of carbonyl (C=O) groups excluding carboxylic acids is 1. The first-order chi connectivity index (χ1) is 7.31. The Labute approximate surface area is 90.5 Å². The predicted octanol–water partition coefficient (Wildman–Crippen LogP) is 1.27. The monoisotopic (exact) mass is 206 g/mol. The van der Waals surface area contributed by atoms with Crippen molar-refractivity contribution >= 4 is 18.9 Å². The van der Waals surface area contributed by atoms with Crippen LogP contribution in [0.3, 0.4) is 0 Å². The van der Waals surface area contributed by atoms with Gasteiger partial charge in [-0.1, -0.05) is 24.3 Å². The van der Waals surface area contributed by atoms with Crippen LogP contribution in [0.4, 0.5) is 0 Å². The topological polar surface area (TPSA) is 35.5 Å². The minimum atomic E-state index is -0.333. The summed E-state index contributed by atoms with van der Waals surface area (Å²) >= 11 is 0. The molecule has 0 unspecified atom stereocenters. The highest BCUT2D eigenvalue weighted by Gasteiger charge is 2.19. The van der Waals surface area contributed by atoms with E-state index < -0.39 is 0 Å². The maximum atomic E-state index is 10.5. The highest BCUT2D eigenvalue weighted by molar-refractivity contribution is 6.61. The molecule has 0 aliphatic heterocycles. The molecule has 0 aromatic heterocycles. The molecule has 3 nitrogen and oxygen atoms in total. The van der Waals surface area contributed by atoms with E-state index in [1.54, 1.807) is 12.1 Å². The van der Waals surface area contributed by atoms with E-state index in [9.17, 15) is 4.79 Å². The molecular weight excluding hydrogens is 191 g/mol. The molecule has 0 bridgehead atoms. The summed E-state index contributed by atoms with van der Waals surface area (Å²) in [4.78, 5) is 10.5. The van der Waals surface area contributed by atoms with Gasteiger partial charge in [-0.05, 0) is 19.3 Å². The molecule has 1 aromatic carbocycles. The van der Waals surface area contributed by atoms with Crippen LogP contribution < -0.4 is 5.46 Å². The Hall–Kier alpha value is -1.13. The van der Waals surface area contributed by atoms with Crippen molar-refractivity contribution in [3.05, 3.63) is 29.8 Å². The molecule has 0 amide bonds. The lowest BCUT2D eigenvalue weighted by atomic mass is 9.78. The van der Waals surface area contributed by atoms with Gasteiger partial charge in [0, 0.05) is 18.8 Å². The van der Waals surface area contributed by atoms with Crippen molar-refractivity contribution in [3.8, 4) is 0 Å². The van der Waals surface area contributed by atoms with Crippen LogP contribution in [0.15, 0.2) is 24.3 Å². The summed E-state index contributed by atoms with van der Waals surface area (Å²) in [6, 6.07) is 7.21. The minimum absolute atomic E-state index is 0.333. The van der Waals surface area contributed by atoms with E-state index >= 15 is 0 Å². The lowest BCUT2D eigenvalue weighted by Gasteiger charge is -2.12. The molecule has 0 radical (unpaired) electrons. The maximum Gasteiger partial charge on any atom is 0.493 e. The summed E-state index contributed by atoms with van der Waals surface area (Å²) in [7, 11) is -0.333. The van der Waals surface area contributed by atoms with Gasteiger partial charge >= 0.3 is 7.12 Å². The Morgan fingerprint density at radius 3 is 2.07 bits per heavy atom. The fraction of sp³-hybridized carbons (Fsp3) is 0.364. The second-order valence-electron chi connectivity index (χ2n) is 3.03. The SMILES string of the molecule is CCOB(OCC)c1ccc(C=O)cc1. The average Bonchev–Trinajstić information content (AvgIpc) is 2.29. The van der Waals surface area contributed by atoms with Gasteiger partial charge in [0.15, 0.2) is 0 Å². The Balaban J connectivity index is 2.76. The van der Waals surface area contributed by atoms with Gasteiger partial charge in [-0.25, -0.2) is 0 Å². The highest BCUT2D eigenvalue weighted by Crippen LogP contribution is 1.97. The third kappa shape index (κ3) is 3.49. The van der Waals surface area contributed by atoms with E-state index in [0.717, 1.165) is 11.7 Å². The van der Waals surface area contributed by atoms with E-state index in [4.69, 9.17) is 9.31 Å². The van der Waals surface area contributed by atoms with Crippen molar-refractivity contribution in [1.29, 1.82) is 0 Å². The lowest BCUT2D eigenvalue weighted by molar-refractivity contribution is 0.112. The van der Waals surface area contributed by atoms with Gasteiger partial charge < -0.3 is 9.31 Å². The third-order valence-corrected chi connectivity index (χ3v) is 1.98. The van der Waals surface area contributed by atoms with Crippen molar-refractivity contribution in [3.63, 3.8) is 0 Å². The van der Waals surface area contributed by atoms with Gasteiger partial charge in [0.05, 0.1) is 0 Å². The molecule has 4 heteroatoms. The zero-order valence-electron chi connectivity index (χ0n) is 9.10. The molecule has 0 spiro atoms. The van der Waals surface area contributed by atoms with Crippen LogP contribution in [-0.4, -0.2) is 26.6 Å². The highest BCUT2D eigenvalue weighted by atomic mass is 16.6. The summed E-state index contributed by atoms with van der Waals surface area (Å²) in [5.41, 5.74) is 1.59. The van der Waals surface area contributed by atoms with E-state index in [1.165, 1.54) is 0 Å². The summed E-state index contributed by atoms with van der Waals surface area (Å²) in [5.74, 6) is 0. The van der Waals surface area contributed by atoms with Gasteiger partial charge in [-0.15, -0.1) is 0 Å². The van der Waals surface area contributed by atoms with Crippen molar-refractivity contribution < 1.29 is 14.1 Å². The normalized spacial score (nSPS) is 10.0. The van der Waals surface area contributed by atoms with E-state index in [1.807, 2.05) is 26.0 Å². The van der Waals surface area contributed by atoms with Crippen LogP contribution in [0.2, 0.25) is 0 Å². The smallest absolute Gasteiger partial charge is 0.408 e. The van der Waals surface area contributed by atoms with Crippen LogP contribution in [-0.2, 0) is 9.31 Å². The van der Waals surface area contributed by atoms with Gasteiger partial charge in [0.1, 0.15) is 6.29 Å². The third-order valence-electron chi connectivity index (χ3n) is 1.98. The van der Waals surface area contributed by atoms with Crippen molar-refractivity contribution in [1.82, 2.24) is 0 Å². The van der Waals surface area contributed by atoms with Gasteiger partial charge in [-0.2, -0.15) is 0 Å². The second kappa shape index (κ2) is 6.38. The van der Waals surface area contributed by atoms with E-state index in [0.29, 0.717) is 18.8 Å². The maximum absolute atomic E-state index is 10.5. The fourth-order valence-corrected chi connectivity index (χ4v) is 1.28. The Bertz CT molecular complexity index is 291. The number of aldehydes is 1.